The fourth-order valence-corrected chi connectivity index (χ4v) is 1.71. The molecule has 3 N–H and O–H groups in total. The maximum absolute atomic E-state index is 5.75. The minimum atomic E-state index is 0.347. The van der Waals surface area contributed by atoms with E-state index >= 15 is 0 Å². The number of nitrogens with one attached hydrogen (secondary N) is 1. The number of anilines is 3. The lowest BCUT2D eigenvalue weighted by Crippen LogP contribution is -2.02. The molecule has 0 aliphatic carbocycles. The van der Waals surface area contributed by atoms with Crippen LogP contribution in [0.2, 0.25) is 0 Å². The van der Waals surface area contributed by atoms with E-state index in [9.17, 15) is 0 Å². The fourth-order valence-electron chi connectivity index (χ4n) is 1.71. The smallest absolute Gasteiger partial charge is 0.173 e. The van der Waals surface area contributed by atoms with Crippen molar-refractivity contribution in [3.05, 3.63) is 30.6 Å². The number of nitrogens with zero attached hydrogens (tertiary/aromatic N) is 2. The summed E-state index contributed by atoms with van der Waals surface area (Å²) in [6.45, 7) is 5.01. The van der Waals surface area contributed by atoms with Crippen molar-refractivity contribution < 1.29 is 9.47 Å². The van der Waals surface area contributed by atoms with Crippen molar-refractivity contribution in [3.63, 3.8) is 0 Å². The van der Waals surface area contributed by atoms with Gasteiger partial charge in [0.15, 0.2) is 23.1 Å². The van der Waals surface area contributed by atoms with E-state index in [2.05, 4.69) is 15.3 Å². The quantitative estimate of drug-likeness (QED) is 0.842. The van der Waals surface area contributed by atoms with E-state index in [0.29, 0.717) is 36.3 Å². The van der Waals surface area contributed by atoms with E-state index in [0.717, 1.165) is 5.69 Å². The van der Waals surface area contributed by atoms with E-state index in [1.165, 1.54) is 0 Å². The Kier molecular flexibility index (Phi) is 4.60. The molecule has 0 atom stereocenters. The first-order valence-electron chi connectivity index (χ1n) is 6.47. The predicted molar refractivity (Wildman–Crippen MR) is 78.5 cm³/mol. The molecule has 6 nitrogen and oxygen atoms in total. The number of ether oxygens (including phenoxy) is 2. The van der Waals surface area contributed by atoms with Crippen molar-refractivity contribution in [2.24, 2.45) is 0 Å². The van der Waals surface area contributed by atoms with Gasteiger partial charge in [-0.15, -0.1) is 0 Å². The number of aromatic nitrogens is 2. The molecule has 0 radical (unpaired) electrons. The Labute approximate surface area is 118 Å². The summed E-state index contributed by atoms with van der Waals surface area (Å²) >= 11 is 0. The Bertz CT molecular complexity index is 575. The van der Waals surface area contributed by atoms with Crippen LogP contribution in [-0.4, -0.2) is 23.2 Å². The molecule has 0 aliphatic heterocycles. The number of rotatable bonds is 6. The second-order valence-electron chi connectivity index (χ2n) is 3.94. The summed E-state index contributed by atoms with van der Waals surface area (Å²) in [5, 5.41) is 3.11. The molecule has 1 heterocycles. The van der Waals surface area contributed by atoms with Gasteiger partial charge in [-0.25, -0.2) is 9.97 Å². The minimum Gasteiger partial charge on any atom is -0.490 e. The maximum atomic E-state index is 5.75. The van der Waals surface area contributed by atoms with Crippen LogP contribution < -0.4 is 20.5 Å². The second kappa shape index (κ2) is 6.60. The Morgan fingerprint density at radius 1 is 1.05 bits per heavy atom. The van der Waals surface area contributed by atoms with Gasteiger partial charge in [-0.05, 0) is 26.0 Å². The Morgan fingerprint density at radius 2 is 1.75 bits per heavy atom. The van der Waals surface area contributed by atoms with Gasteiger partial charge in [0.2, 0.25) is 0 Å². The second-order valence-corrected chi connectivity index (χ2v) is 3.94. The van der Waals surface area contributed by atoms with Crippen LogP contribution in [-0.2, 0) is 0 Å². The lowest BCUT2D eigenvalue weighted by Gasteiger charge is -2.13. The highest BCUT2D eigenvalue weighted by Gasteiger charge is 2.08. The van der Waals surface area contributed by atoms with Crippen molar-refractivity contribution >= 4 is 17.3 Å². The number of nitrogen functional groups attached to an aromatic ring is 1. The van der Waals surface area contributed by atoms with Crippen molar-refractivity contribution in [1.29, 1.82) is 0 Å². The molecule has 20 heavy (non-hydrogen) atoms. The first-order chi connectivity index (χ1) is 9.74. The molecule has 0 saturated carbocycles. The van der Waals surface area contributed by atoms with Crippen LogP contribution >= 0.6 is 0 Å². The van der Waals surface area contributed by atoms with Crippen LogP contribution in [0, 0.1) is 0 Å². The SMILES string of the molecule is CCOc1ccc(Nc2nccnc2N)cc1OCC. The molecule has 0 fully saturated rings. The van der Waals surface area contributed by atoms with Gasteiger partial charge in [0.25, 0.3) is 0 Å². The highest BCUT2D eigenvalue weighted by atomic mass is 16.5. The van der Waals surface area contributed by atoms with Crippen LogP contribution in [0.15, 0.2) is 30.6 Å². The van der Waals surface area contributed by atoms with Gasteiger partial charge in [0.05, 0.1) is 13.2 Å². The minimum absolute atomic E-state index is 0.347. The lowest BCUT2D eigenvalue weighted by molar-refractivity contribution is 0.288. The average Bonchev–Trinajstić information content (AvgIpc) is 2.45. The first-order valence-corrected chi connectivity index (χ1v) is 6.47. The molecule has 0 amide bonds. The third-order valence-electron chi connectivity index (χ3n) is 2.53. The number of benzene rings is 1. The summed E-state index contributed by atoms with van der Waals surface area (Å²) in [4.78, 5) is 8.12. The highest BCUT2D eigenvalue weighted by Crippen LogP contribution is 2.32. The number of hydrogen-bond donors (Lipinski definition) is 2. The summed E-state index contributed by atoms with van der Waals surface area (Å²) < 4.78 is 11.1. The topological polar surface area (TPSA) is 82.3 Å². The normalized spacial score (nSPS) is 10.1. The summed E-state index contributed by atoms with van der Waals surface area (Å²) in [6, 6.07) is 5.58. The van der Waals surface area contributed by atoms with Crippen LogP contribution in [0.5, 0.6) is 11.5 Å². The zero-order valence-electron chi connectivity index (χ0n) is 11.6. The van der Waals surface area contributed by atoms with E-state index in [4.69, 9.17) is 15.2 Å². The van der Waals surface area contributed by atoms with Crippen molar-refractivity contribution in [1.82, 2.24) is 9.97 Å². The molecule has 6 heteroatoms. The van der Waals surface area contributed by atoms with Crippen LogP contribution in [0.25, 0.3) is 0 Å². The number of hydrogen-bond acceptors (Lipinski definition) is 6. The van der Waals surface area contributed by atoms with Gasteiger partial charge < -0.3 is 20.5 Å². The summed E-state index contributed by atoms with van der Waals surface area (Å²) in [5.41, 5.74) is 6.56. The molecular formula is C14H18N4O2. The Morgan fingerprint density at radius 3 is 2.45 bits per heavy atom. The Balaban J connectivity index is 2.24. The standard InChI is InChI=1S/C14H18N4O2/c1-3-19-11-6-5-10(9-12(11)20-4-2)18-14-13(15)16-7-8-17-14/h5-9H,3-4H2,1-2H3,(H2,15,16)(H,17,18). The molecule has 1 aromatic carbocycles. The third-order valence-corrected chi connectivity index (χ3v) is 2.53. The summed E-state index contributed by atoms with van der Waals surface area (Å²) in [5.74, 6) is 2.26. The number of nitrogens with two attached hydrogens (primary N) is 1. The molecule has 2 rings (SSSR count). The third kappa shape index (κ3) is 3.28. The summed E-state index contributed by atoms with van der Waals surface area (Å²) in [7, 11) is 0. The molecule has 2 aromatic rings. The lowest BCUT2D eigenvalue weighted by atomic mass is 10.2. The Hall–Kier alpha value is -2.50. The van der Waals surface area contributed by atoms with Crippen molar-refractivity contribution in [3.8, 4) is 11.5 Å². The molecule has 0 unspecified atom stereocenters. The maximum Gasteiger partial charge on any atom is 0.173 e. The van der Waals surface area contributed by atoms with Gasteiger partial charge >= 0.3 is 0 Å². The summed E-state index contributed by atoms with van der Waals surface area (Å²) in [6.07, 6.45) is 3.13. The predicted octanol–water partition coefficient (Wildman–Crippen LogP) is 2.60. The largest absolute Gasteiger partial charge is 0.490 e. The molecule has 106 valence electrons. The zero-order chi connectivity index (χ0) is 14.4. The van der Waals surface area contributed by atoms with E-state index in [1.54, 1.807) is 12.4 Å². The van der Waals surface area contributed by atoms with Gasteiger partial charge in [-0.2, -0.15) is 0 Å². The van der Waals surface area contributed by atoms with Gasteiger partial charge in [0, 0.05) is 24.1 Å². The van der Waals surface area contributed by atoms with Crippen molar-refractivity contribution in [2.75, 3.05) is 24.3 Å². The van der Waals surface area contributed by atoms with E-state index < -0.39 is 0 Å². The molecular weight excluding hydrogens is 256 g/mol. The monoisotopic (exact) mass is 274 g/mol. The molecule has 0 saturated heterocycles. The van der Waals surface area contributed by atoms with Crippen LogP contribution in [0.1, 0.15) is 13.8 Å². The van der Waals surface area contributed by atoms with E-state index in [1.807, 2.05) is 32.0 Å². The van der Waals surface area contributed by atoms with Crippen molar-refractivity contribution in [2.45, 2.75) is 13.8 Å². The zero-order valence-corrected chi connectivity index (χ0v) is 11.6. The molecule has 0 bridgehead atoms. The first kappa shape index (κ1) is 13.9. The van der Waals surface area contributed by atoms with E-state index in [-0.39, 0.29) is 0 Å². The highest BCUT2D eigenvalue weighted by molar-refractivity contribution is 5.67. The fraction of sp³-hybridized carbons (Fsp3) is 0.286. The van der Waals surface area contributed by atoms with Gasteiger partial charge in [0.1, 0.15) is 0 Å². The van der Waals surface area contributed by atoms with Crippen LogP contribution in [0.4, 0.5) is 17.3 Å². The molecule has 1 aromatic heterocycles. The molecule has 0 spiro atoms. The van der Waals surface area contributed by atoms with Gasteiger partial charge in [-0.1, -0.05) is 0 Å². The average molecular weight is 274 g/mol. The van der Waals surface area contributed by atoms with Crippen LogP contribution in [0.3, 0.4) is 0 Å². The molecule has 0 aliphatic rings. The van der Waals surface area contributed by atoms with Gasteiger partial charge in [-0.3, -0.25) is 0 Å².